The Hall–Kier alpha value is -1.54. The normalized spacial score (nSPS) is 11.4. The molecule has 16 heavy (non-hydrogen) atoms. The monoisotopic (exact) mass is 230 g/mol. The van der Waals surface area contributed by atoms with Crippen LogP contribution in [-0.2, 0) is 6.42 Å². The van der Waals surface area contributed by atoms with Crippen molar-refractivity contribution in [1.29, 1.82) is 0 Å². The number of aryl methyl sites for hydroxylation is 1. The molecule has 0 radical (unpaired) electrons. The second-order valence-electron chi connectivity index (χ2n) is 3.87. The lowest BCUT2D eigenvalue weighted by Crippen LogP contribution is -1.85. The summed E-state index contributed by atoms with van der Waals surface area (Å²) in [6.07, 6.45) is 2.93. The molecule has 0 fully saturated rings. The highest BCUT2D eigenvalue weighted by Gasteiger charge is 2.07. The van der Waals surface area contributed by atoms with E-state index in [9.17, 15) is 0 Å². The number of nitrogens with one attached hydrogen (secondary N) is 1. The molecule has 3 aromatic rings. The summed E-state index contributed by atoms with van der Waals surface area (Å²) in [7, 11) is 0. The van der Waals surface area contributed by atoms with Crippen LogP contribution in [0.5, 0.6) is 0 Å². The van der Waals surface area contributed by atoms with Crippen molar-refractivity contribution < 1.29 is 0 Å². The first-order chi connectivity index (χ1) is 7.79. The highest BCUT2D eigenvalue weighted by molar-refractivity contribution is 6.35. The highest BCUT2D eigenvalue weighted by atomic mass is 35.5. The lowest BCUT2D eigenvalue weighted by molar-refractivity contribution is 1.15. The minimum Gasteiger partial charge on any atom is -0.359 e. The van der Waals surface area contributed by atoms with Crippen molar-refractivity contribution in [3.05, 3.63) is 41.2 Å². The van der Waals surface area contributed by atoms with Crippen molar-refractivity contribution >= 4 is 33.4 Å². The minimum atomic E-state index is 0.539. The first-order valence-electron chi connectivity index (χ1n) is 5.35. The number of pyridine rings is 1. The summed E-state index contributed by atoms with van der Waals surface area (Å²) in [6, 6.07) is 8.37. The van der Waals surface area contributed by atoms with E-state index in [-0.39, 0.29) is 0 Å². The van der Waals surface area contributed by atoms with Gasteiger partial charge in [-0.25, -0.2) is 4.98 Å². The van der Waals surface area contributed by atoms with Crippen LogP contribution in [0.15, 0.2) is 30.5 Å². The maximum atomic E-state index is 6.11. The third-order valence-corrected chi connectivity index (χ3v) is 3.20. The maximum absolute atomic E-state index is 6.11. The van der Waals surface area contributed by atoms with Crippen LogP contribution in [0.2, 0.25) is 5.15 Å². The van der Waals surface area contributed by atoms with Gasteiger partial charge in [0.2, 0.25) is 0 Å². The summed E-state index contributed by atoms with van der Waals surface area (Å²) in [4.78, 5) is 7.51. The van der Waals surface area contributed by atoms with Gasteiger partial charge in [-0.2, -0.15) is 0 Å². The number of halogens is 1. The molecule has 0 spiro atoms. The largest absolute Gasteiger partial charge is 0.359 e. The maximum Gasteiger partial charge on any atom is 0.153 e. The van der Waals surface area contributed by atoms with Crippen molar-refractivity contribution in [3.63, 3.8) is 0 Å². The van der Waals surface area contributed by atoms with Crippen LogP contribution in [0.25, 0.3) is 21.8 Å². The molecule has 3 rings (SSSR count). The van der Waals surface area contributed by atoms with E-state index in [0.29, 0.717) is 5.15 Å². The number of hydrogen-bond acceptors (Lipinski definition) is 1. The van der Waals surface area contributed by atoms with Crippen LogP contribution < -0.4 is 0 Å². The third kappa shape index (κ3) is 1.30. The number of aromatic amines is 1. The third-order valence-electron chi connectivity index (χ3n) is 2.93. The molecule has 0 saturated heterocycles. The molecule has 2 nitrogen and oxygen atoms in total. The second-order valence-corrected chi connectivity index (χ2v) is 4.23. The van der Waals surface area contributed by atoms with Crippen LogP contribution >= 0.6 is 11.6 Å². The lowest BCUT2D eigenvalue weighted by atomic mass is 10.1. The van der Waals surface area contributed by atoms with E-state index >= 15 is 0 Å². The zero-order chi connectivity index (χ0) is 11.1. The molecule has 0 aliphatic heterocycles. The SMILES string of the molecule is CCc1ccc2nc(Cl)c3[nH]ccc3c2c1. The van der Waals surface area contributed by atoms with Crippen molar-refractivity contribution in [2.75, 3.05) is 0 Å². The fourth-order valence-electron chi connectivity index (χ4n) is 2.04. The summed E-state index contributed by atoms with van der Waals surface area (Å²) >= 11 is 6.11. The number of hydrogen-bond donors (Lipinski definition) is 1. The molecule has 0 amide bonds. The Balaban J connectivity index is 2.50. The van der Waals surface area contributed by atoms with Gasteiger partial charge < -0.3 is 4.98 Å². The van der Waals surface area contributed by atoms with Gasteiger partial charge in [0.1, 0.15) is 0 Å². The van der Waals surface area contributed by atoms with Crippen molar-refractivity contribution in [3.8, 4) is 0 Å². The van der Waals surface area contributed by atoms with E-state index in [4.69, 9.17) is 11.6 Å². The van der Waals surface area contributed by atoms with Crippen molar-refractivity contribution in [2.45, 2.75) is 13.3 Å². The summed E-state index contributed by atoms with van der Waals surface area (Å²) < 4.78 is 0. The van der Waals surface area contributed by atoms with Gasteiger partial charge in [-0.05, 0) is 30.2 Å². The average molecular weight is 231 g/mol. The topological polar surface area (TPSA) is 28.7 Å². The van der Waals surface area contributed by atoms with E-state index in [1.807, 2.05) is 18.3 Å². The van der Waals surface area contributed by atoms with Gasteiger partial charge in [0.05, 0.1) is 11.0 Å². The number of fused-ring (bicyclic) bond motifs is 3. The second kappa shape index (κ2) is 3.49. The Kier molecular flexibility index (Phi) is 2.11. The molecule has 2 aromatic heterocycles. The number of rotatable bonds is 1. The first kappa shape index (κ1) is 9.67. The summed E-state index contributed by atoms with van der Waals surface area (Å²) in [5.41, 5.74) is 3.19. The lowest BCUT2D eigenvalue weighted by Gasteiger charge is -2.03. The predicted octanol–water partition coefficient (Wildman–Crippen LogP) is 3.93. The van der Waals surface area contributed by atoms with E-state index in [0.717, 1.165) is 22.8 Å². The molecule has 0 aliphatic carbocycles. The zero-order valence-corrected chi connectivity index (χ0v) is 9.67. The Morgan fingerprint density at radius 2 is 2.12 bits per heavy atom. The minimum absolute atomic E-state index is 0.539. The predicted molar refractivity (Wildman–Crippen MR) is 68.0 cm³/mol. The molecule has 0 saturated carbocycles. The molecular formula is C13H11ClN2. The Labute approximate surface area is 98.3 Å². The van der Waals surface area contributed by atoms with E-state index in [2.05, 4.69) is 29.0 Å². The summed E-state index contributed by atoms with van der Waals surface area (Å²) in [6.45, 7) is 2.15. The van der Waals surface area contributed by atoms with Crippen LogP contribution in [0, 0.1) is 0 Å². The summed E-state index contributed by atoms with van der Waals surface area (Å²) in [5.74, 6) is 0. The Morgan fingerprint density at radius 3 is 2.94 bits per heavy atom. The molecule has 0 atom stereocenters. The van der Waals surface area contributed by atoms with Crippen LogP contribution in [0.4, 0.5) is 0 Å². The van der Waals surface area contributed by atoms with Gasteiger partial charge in [0, 0.05) is 17.0 Å². The molecule has 0 bridgehead atoms. The quantitative estimate of drug-likeness (QED) is 0.631. The molecule has 0 unspecified atom stereocenters. The van der Waals surface area contributed by atoms with Gasteiger partial charge in [0.15, 0.2) is 5.15 Å². The molecular weight excluding hydrogens is 220 g/mol. The fourth-order valence-corrected chi connectivity index (χ4v) is 2.29. The van der Waals surface area contributed by atoms with Gasteiger partial charge in [-0.1, -0.05) is 24.6 Å². The van der Waals surface area contributed by atoms with E-state index < -0.39 is 0 Å². The smallest absolute Gasteiger partial charge is 0.153 e. The van der Waals surface area contributed by atoms with Crippen LogP contribution in [0.3, 0.4) is 0 Å². The van der Waals surface area contributed by atoms with Gasteiger partial charge in [-0.3, -0.25) is 0 Å². The van der Waals surface area contributed by atoms with Crippen LogP contribution in [0.1, 0.15) is 12.5 Å². The van der Waals surface area contributed by atoms with Gasteiger partial charge in [-0.15, -0.1) is 0 Å². The number of nitrogens with zero attached hydrogens (tertiary/aromatic N) is 1. The molecule has 0 aliphatic rings. The zero-order valence-electron chi connectivity index (χ0n) is 8.92. The van der Waals surface area contributed by atoms with Gasteiger partial charge >= 0.3 is 0 Å². The average Bonchev–Trinajstić information content (AvgIpc) is 2.78. The number of aromatic nitrogens is 2. The molecule has 1 N–H and O–H groups in total. The number of benzene rings is 1. The fraction of sp³-hybridized carbons (Fsp3) is 0.154. The van der Waals surface area contributed by atoms with Crippen molar-refractivity contribution in [1.82, 2.24) is 9.97 Å². The first-order valence-corrected chi connectivity index (χ1v) is 5.72. The Morgan fingerprint density at radius 1 is 1.25 bits per heavy atom. The summed E-state index contributed by atoms with van der Waals surface area (Å²) in [5, 5.41) is 2.85. The Bertz CT molecular complexity index is 670. The van der Waals surface area contributed by atoms with E-state index in [1.54, 1.807) is 0 Å². The molecule has 1 aromatic carbocycles. The standard InChI is InChI=1S/C13H11ClN2/c1-2-8-3-4-11-10(7-8)9-5-6-15-12(9)13(14)16-11/h3-7,15H,2H2,1H3. The molecule has 2 heterocycles. The van der Waals surface area contributed by atoms with Crippen molar-refractivity contribution in [2.24, 2.45) is 0 Å². The van der Waals surface area contributed by atoms with Crippen LogP contribution in [-0.4, -0.2) is 9.97 Å². The van der Waals surface area contributed by atoms with E-state index in [1.165, 1.54) is 10.9 Å². The highest BCUT2D eigenvalue weighted by Crippen LogP contribution is 2.28. The molecule has 3 heteroatoms. The number of H-pyrrole nitrogens is 1. The van der Waals surface area contributed by atoms with Gasteiger partial charge in [0.25, 0.3) is 0 Å². The molecule has 80 valence electrons.